The molecule has 1 aromatic heterocycles. The molecule has 2 aliphatic carbocycles. The molecule has 3 aliphatic rings. The molecular formula is C18H25N3O3. The molecule has 0 aromatic carbocycles. The molecule has 1 aliphatic heterocycles. The van der Waals surface area contributed by atoms with E-state index in [2.05, 4.69) is 5.10 Å². The molecule has 3 fully saturated rings. The second-order valence-corrected chi connectivity index (χ2v) is 7.80. The van der Waals surface area contributed by atoms with Crippen LogP contribution in [0.25, 0.3) is 0 Å². The van der Waals surface area contributed by atoms with Gasteiger partial charge in [-0.05, 0) is 43.6 Å². The van der Waals surface area contributed by atoms with Crippen molar-refractivity contribution < 1.29 is 14.7 Å². The molecule has 0 bridgehead atoms. The first-order chi connectivity index (χ1) is 11.5. The molecule has 1 unspecified atom stereocenters. The zero-order valence-electron chi connectivity index (χ0n) is 14.1. The summed E-state index contributed by atoms with van der Waals surface area (Å²) in [6.07, 6.45) is 6.28. The molecule has 130 valence electrons. The SMILES string of the molecule is Cn1nc(C2CCCC2)cc1C(=O)N1C[C@H]2CC(C(=O)O)C[C@H]2C1. The minimum absolute atomic E-state index is 0.0514. The summed E-state index contributed by atoms with van der Waals surface area (Å²) in [5.41, 5.74) is 1.73. The predicted molar refractivity (Wildman–Crippen MR) is 87.7 cm³/mol. The van der Waals surface area contributed by atoms with Crippen LogP contribution in [0.4, 0.5) is 0 Å². The fourth-order valence-electron chi connectivity index (χ4n) is 4.94. The average Bonchev–Trinajstić information content (AvgIpc) is 3.28. The third-order valence-electron chi connectivity index (χ3n) is 6.28. The van der Waals surface area contributed by atoms with Gasteiger partial charge < -0.3 is 10.0 Å². The normalized spacial score (nSPS) is 30.0. The van der Waals surface area contributed by atoms with E-state index in [9.17, 15) is 14.7 Å². The zero-order valence-corrected chi connectivity index (χ0v) is 14.1. The number of hydrogen-bond donors (Lipinski definition) is 1. The number of fused-ring (bicyclic) bond motifs is 1. The van der Waals surface area contributed by atoms with Crippen molar-refractivity contribution in [3.63, 3.8) is 0 Å². The van der Waals surface area contributed by atoms with Gasteiger partial charge in [-0.2, -0.15) is 5.10 Å². The van der Waals surface area contributed by atoms with Crippen molar-refractivity contribution in [1.82, 2.24) is 14.7 Å². The summed E-state index contributed by atoms with van der Waals surface area (Å²) >= 11 is 0. The van der Waals surface area contributed by atoms with Crippen molar-refractivity contribution in [1.29, 1.82) is 0 Å². The Bertz CT molecular complexity index is 648. The molecule has 1 amide bonds. The maximum atomic E-state index is 12.9. The van der Waals surface area contributed by atoms with Gasteiger partial charge in [0.2, 0.25) is 0 Å². The Balaban J connectivity index is 1.45. The zero-order chi connectivity index (χ0) is 16.8. The number of aliphatic carboxylic acids is 1. The average molecular weight is 331 g/mol. The second kappa shape index (κ2) is 5.90. The summed E-state index contributed by atoms with van der Waals surface area (Å²) in [5, 5.41) is 13.8. The number of carboxylic acids is 1. The van der Waals surface area contributed by atoms with Gasteiger partial charge in [0.05, 0.1) is 11.6 Å². The topological polar surface area (TPSA) is 75.4 Å². The minimum atomic E-state index is -0.685. The molecule has 6 nitrogen and oxygen atoms in total. The van der Waals surface area contributed by atoms with Crippen molar-refractivity contribution in [3.8, 4) is 0 Å². The highest BCUT2D eigenvalue weighted by Crippen LogP contribution is 2.42. The van der Waals surface area contributed by atoms with Crippen molar-refractivity contribution in [2.24, 2.45) is 24.8 Å². The molecule has 4 rings (SSSR count). The number of aryl methyl sites for hydroxylation is 1. The Morgan fingerprint density at radius 1 is 1.17 bits per heavy atom. The van der Waals surface area contributed by atoms with Gasteiger partial charge in [-0.15, -0.1) is 0 Å². The van der Waals surface area contributed by atoms with Gasteiger partial charge in [-0.3, -0.25) is 14.3 Å². The largest absolute Gasteiger partial charge is 0.481 e. The van der Waals surface area contributed by atoms with Crippen molar-refractivity contribution in [2.45, 2.75) is 44.4 Å². The second-order valence-electron chi connectivity index (χ2n) is 7.80. The third-order valence-corrected chi connectivity index (χ3v) is 6.28. The van der Waals surface area contributed by atoms with Crippen LogP contribution in [0.15, 0.2) is 6.07 Å². The molecule has 0 radical (unpaired) electrons. The van der Waals surface area contributed by atoms with Crippen LogP contribution < -0.4 is 0 Å². The number of hydrogen-bond acceptors (Lipinski definition) is 3. The van der Waals surface area contributed by atoms with E-state index in [4.69, 9.17) is 0 Å². The van der Waals surface area contributed by atoms with Crippen LogP contribution >= 0.6 is 0 Å². The molecule has 1 aromatic rings. The van der Waals surface area contributed by atoms with Crippen LogP contribution in [-0.4, -0.2) is 44.8 Å². The maximum Gasteiger partial charge on any atom is 0.306 e. The highest BCUT2D eigenvalue weighted by Gasteiger charge is 2.45. The molecule has 3 atom stereocenters. The first kappa shape index (κ1) is 15.7. The lowest BCUT2D eigenvalue weighted by Gasteiger charge is -2.18. The molecule has 0 spiro atoms. The van der Waals surface area contributed by atoms with Crippen molar-refractivity contribution in [2.75, 3.05) is 13.1 Å². The van der Waals surface area contributed by atoms with Crippen LogP contribution in [0.3, 0.4) is 0 Å². The summed E-state index contributed by atoms with van der Waals surface area (Å²) in [5.74, 6) is 0.343. The number of carbonyl (C=O) groups excluding carboxylic acids is 1. The van der Waals surface area contributed by atoms with Crippen LogP contribution in [0.5, 0.6) is 0 Å². The first-order valence-corrected chi connectivity index (χ1v) is 9.09. The summed E-state index contributed by atoms with van der Waals surface area (Å²) in [7, 11) is 1.85. The lowest BCUT2D eigenvalue weighted by molar-refractivity contribution is -0.141. The molecule has 6 heteroatoms. The lowest BCUT2D eigenvalue weighted by Crippen LogP contribution is -2.31. The molecule has 1 saturated heterocycles. The van der Waals surface area contributed by atoms with Crippen molar-refractivity contribution >= 4 is 11.9 Å². The fourth-order valence-corrected chi connectivity index (χ4v) is 4.94. The minimum Gasteiger partial charge on any atom is -0.481 e. The number of carbonyl (C=O) groups is 2. The van der Waals surface area contributed by atoms with Gasteiger partial charge in [-0.1, -0.05) is 12.8 Å². The summed E-state index contributed by atoms with van der Waals surface area (Å²) < 4.78 is 1.73. The molecular weight excluding hydrogens is 306 g/mol. The van der Waals surface area contributed by atoms with Crippen molar-refractivity contribution in [3.05, 3.63) is 17.5 Å². The Labute approximate surface area is 141 Å². The Hall–Kier alpha value is -1.85. The van der Waals surface area contributed by atoms with E-state index in [1.165, 1.54) is 25.7 Å². The molecule has 2 saturated carbocycles. The Morgan fingerprint density at radius 2 is 1.79 bits per heavy atom. The van der Waals surface area contributed by atoms with Gasteiger partial charge >= 0.3 is 5.97 Å². The predicted octanol–water partition coefficient (Wildman–Crippen LogP) is 2.26. The molecule has 1 N–H and O–H groups in total. The standard InChI is InChI=1S/C18H25N3O3/c1-20-16(8-15(19-20)11-4-2-3-5-11)17(22)21-9-13-6-12(18(23)24)7-14(13)10-21/h8,11-14H,2-7,9-10H2,1H3,(H,23,24)/t12?,13-,14+. The van der Waals surface area contributed by atoms with E-state index in [1.54, 1.807) is 4.68 Å². The smallest absolute Gasteiger partial charge is 0.306 e. The van der Waals surface area contributed by atoms with Gasteiger partial charge in [-0.25, -0.2) is 0 Å². The lowest BCUT2D eigenvalue weighted by atomic mass is 10.0. The number of carboxylic acid groups (broad SMARTS) is 1. The van der Waals surface area contributed by atoms with Crippen LogP contribution in [0.1, 0.15) is 60.6 Å². The summed E-state index contributed by atoms with van der Waals surface area (Å²) in [6, 6.07) is 1.98. The molecule has 24 heavy (non-hydrogen) atoms. The summed E-state index contributed by atoms with van der Waals surface area (Å²) in [6.45, 7) is 1.38. The van der Waals surface area contributed by atoms with E-state index in [1.807, 2.05) is 18.0 Å². The van der Waals surface area contributed by atoms with Gasteiger partial charge in [0, 0.05) is 26.1 Å². The molecule has 2 heterocycles. The number of likely N-dealkylation sites (tertiary alicyclic amines) is 1. The van der Waals surface area contributed by atoms with E-state index >= 15 is 0 Å². The van der Waals surface area contributed by atoms with Gasteiger partial charge in [0.15, 0.2) is 0 Å². The monoisotopic (exact) mass is 331 g/mol. The maximum absolute atomic E-state index is 12.9. The van der Waals surface area contributed by atoms with E-state index in [0.29, 0.717) is 49.4 Å². The number of aromatic nitrogens is 2. The highest BCUT2D eigenvalue weighted by molar-refractivity contribution is 5.93. The van der Waals surface area contributed by atoms with E-state index in [-0.39, 0.29) is 11.8 Å². The van der Waals surface area contributed by atoms with Crippen LogP contribution in [0.2, 0.25) is 0 Å². The van der Waals surface area contributed by atoms with E-state index < -0.39 is 5.97 Å². The Morgan fingerprint density at radius 3 is 2.38 bits per heavy atom. The number of amides is 1. The summed E-state index contributed by atoms with van der Waals surface area (Å²) in [4.78, 5) is 25.9. The van der Waals surface area contributed by atoms with E-state index in [0.717, 1.165) is 5.69 Å². The Kier molecular flexibility index (Phi) is 3.85. The number of nitrogens with zero attached hydrogens (tertiary/aromatic N) is 3. The number of rotatable bonds is 3. The van der Waals surface area contributed by atoms with Crippen LogP contribution in [-0.2, 0) is 11.8 Å². The fraction of sp³-hybridized carbons (Fsp3) is 0.722. The highest BCUT2D eigenvalue weighted by atomic mass is 16.4. The quantitative estimate of drug-likeness (QED) is 0.922. The first-order valence-electron chi connectivity index (χ1n) is 9.09. The van der Waals surface area contributed by atoms with Crippen LogP contribution in [0, 0.1) is 17.8 Å². The van der Waals surface area contributed by atoms with Gasteiger partial charge in [0.1, 0.15) is 5.69 Å². The third kappa shape index (κ3) is 2.62. The van der Waals surface area contributed by atoms with Gasteiger partial charge in [0.25, 0.3) is 5.91 Å².